The van der Waals surface area contributed by atoms with Gasteiger partial charge in [-0.25, -0.2) is 9.38 Å². The van der Waals surface area contributed by atoms with Gasteiger partial charge in [0.2, 0.25) is 11.8 Å². The van der Waals surface area contributed by atoms with Crippen molar-refractivity contribution in [3.63, 3.8) is 0 Å². The predicted octanol–water partition coefficient (Wildman–Crippen LogP) is 6.08. The zero-order valence-corrected chi connectivity index (χ0v) is 21.2. The number of thioether (sulfide) groups is 1. The Morgan fingerprint density at radius 3 is 2.61 bits per heavy atom. The van der Waals surface area contributed by atoms with Gasteiger partial charge in [-0.15, -0.1) is 0 Å². The third kappa shape index (κ3) is 6.86. The first-order chi connectivity index (χ1) is 17.4. The molecule has 1 aliphatic rings. The van der Waals surface area contributed by atoms with Crippen LogP contribution in [0.25, 0.3) is 0 Å². The van der Waals surface area contributed by atoms with Crippen molar-refractivity contribution >= 4 is 51.7 Å². The fourth-order valence-corrected chi connectivity index (χ4v) is 4.97. The molecule has 1 fully saturated rings. The molecule has 1 aliphatic heterocycles. The Morgan fingerprint density at radius 1 is 1.14 bits per heavy atom. The highest BCUT2D eigenvalue weighted by molar-refractivity contribution is 8.15. The largest absolute Gasteiger partial charge is 0.494 e. The number of carbonyl (C=O) groups excluding carboxylic acids is 2. The molecule has 4 rings (SSSR count). The van der Waals surface area contributed by atoms with Crippen LogP contribution in [0.1, 0.15) is 18.9 Å². The molecule has 186 valence electrons. The number of aliphatic imine (C=N–C) groups is 1. The van der Waals surface area contributed by atoms with Crippen LogP contribution in [0.3, 0.4) is 0 Å². The number of amidine groups is 1. The first-order valence-corrected chi connectivity index (χ1v) is 12.8. The topological polar surface area (TPSA) is 71.0 Å². The smallest absolute Gasteiger partial charge is 0.242 e. The number of hydrogen-bond acceptors (Lipinski definition) is 5. The second-order valence-corrected chi connectivity index (χ2v) is 9.66. The van der Waals surface area contributed by atoms with Gasteiger partial charge in [-0.2, -0.15) is 0 Å². The molecule has 9 heteroatoms. The Hall–Kier alpha value is -3.36. The van der Waals surface area contributed by atoms with Crippen LogP contribution in [-0.2, 0) is 16.0 Å². The van der Waals surface area contributed by atoms with Crippen LogP contribution in [0.15, 0.2) is 77.8 Å². The summed E-state index contributed by atoms with van der Waals surface area (Å²) in [6.45, 7) is 2.77. The normalized spacial score (nSPS) is 16.4. The molecule has 0 spiro atoms. The SMILES string of the molecule is CCOc1cccc(NC(=O)C[C@H]2SC(=Nc3ccc(Cl)cc3)N(CCc3ccc(F)cc3)C2=O)c1. The van der Waals surface area contributed by atoms with Gasteiger partial charge in [0.1, 0.15) is 16.8 Å². The van der Waals surface area contributed by atoms with Crippen molar-refractivity contribution in [1.29, 1.82) is 0 Å². The number of carbonyl (C=O) groups is 2. The van der Waals surface area contributed by atoms with Gasteiger partial charge in [0, 0.05) is 29.7 Å². The second kappa shape index (κ2) is 12.1. The molecular weight excluding hydrogens is 501 g/mol. The van der Waals surface area contributed by atoms with Gasteiger partial charge in [-0.3, -0.25) is 14.5 Å². The number of ether oxygens (including phenoxy) is 1. The van der Waals surface area contributed by atoms with E-state index in [0.717, 1.165) is 5.56 Å². The maximum Gasteiger partial charge on any atom is 0.242 e. The minimum atomic E-state index is -0.612. The summed E-state index contributed by atoms with van der Waals surface area (Å²) in [5, 5.41) is 3.33. The number of nitrogens with zero attached hydrogens (tertiary/aromatic N) is 2. The number of amides is 2. The molecule has 2 amide bonds. The van der Waals surface area contributed by atoms with E-state index in [4.69, 9.17) is 16.3 Å². The maximum absolute atomic E-state index is 13.3. The minimum absolute atomic E-state index is 0.00491. The standard InChI is InChI=1S/C27H25ClFN3O3S/c1-2-35-23-5-3-4-22(16-23)30-25(33)17-24-26(34)32(15-14-18-6-10-20(29)11-7-18)27(36-24)31-21-12-8-19(28)9-13-21/h3-13,16,24H,2,14-15,17H2,1H3,(H,30,33)/t24-/m1/s1. The van der Waals surface area contributed by atoms with E-state index >= 15 is 0 Å². The summed E-state index contributed by atoms with van der Waals surface area (Å²) < 4.78 is 18.8. The number of benzene rings is 3. The fraction of sp³-hybridized carbons (Fsp3) is 0.222. The van der Waals surface area contributed by atoms with Crippen molar-refractivity contribution in [3.8, 4) is 5.75 Å². The Bertz CT molecular complexity index is 1250. The van der Waals surface area contributed by atoms with Gasteiger partial charge < -0.3 is 10.1 Å². The molecule has 1 saturated heterocycles. The Labute approximate surface area is 218 Å². The van der Waals surface area contributed by atoms with E-state index in [-0.39, 0.29) is 24.1 Å². The average Bonchev–Trinajstić information content (AvgIpc) is 3.14. The van der Waals surface area contributed by atoms with Gasteiger partial charge >= 0.3 is 0 Å². The van der Waals surface area contributed by atoms with Crippen LogP contribution in [0.5, 0.6) is 5.75 Å². The summed E-state index contributed by atoms with van der Waals surface area (Å²) in [4.78, 5) is 32.3. The monoisotopic (exact) mass is 525 g/mol. The van der Waals surface area contributed by atoms with E-state index < -0.39 is 5.25 Å². The Kier molecular flexibility index (Phi) is 8.61. The van der Waals surface area contributed by atoms with Crippen molar-refractivity contribution in [3.05, 3.63) is 89.2 Å². The maximum atomic E-state index is 13.3. The molecule has 0 saturated carbocycles. The fourth-order valence-electron chi connectivity index (χ4n) is 3.66. The summed E-state index contributed by atoms with van der Waals surface area (Å²) in [5.74, 6) is -0.117. The highest BCUT2D eigenvalue weighted by Crippen LogP contribution is 2.32. The molecule has 6 nitrogen and oxygen atoms in total. The summed E-state index contributed by atoms with van der Waals surface area (Å²) in [6, 6.07) is 20.3. The second-order valence-electron chi connectivity index (χ2n) is 8.06. The highest BCUT2D eigenvalue weighted by atomic mass is 35.5. The van der Waals surface area contributed by atoms with E-state index in [2.05, 4.69) is 10.3 Å². The summed E-state index contributed by atoms with van der Waals surface area (Å²) in [7, 11) is 0. The lowest BCUT2D eigenvalue weighted by Gasteiger charge is -2.16. The van der Waals surface area contributed by atoms with Crippen LogP contribution in [0, 0.1) is 5.82 Å². The molecule has 1 atom stereocenters. The lowest BCUT2D eigenvalue weighted by Crippen LogP contribution is -2.35. The molecule has 0 aliphatic carbocycles. The van der Waals surface area contributed by atoms with Gasteiger partial charge in [0.15, 0.2) is 5.17 Å². The van der Waals surface area contributed by atoms with Crippen molar-refractivity contribution in [2.45, 2.75) is 25.0 Å². The number of nitrogens with one attached hydrogen (secondary N) is 1. The number of hydrogen-bond donors (Lipinski definition) is 1. The Morgan fingerprint density at radius 2 is 1.89 bits per heavy atom. The molecule has 36 heavy (non-hydrogen) atoms. The third-order valence-corrected chi connectivity index (χ3v) is 6.84. The van der Waals surface area contributed by atoms with Crippen molar-refractivity contribution < 1.29 is 18.7 Å². The molecular formula is C27H25ClFN3O3S. The molecule has 0 bridgehead atoms. The van der Waals surface area contributed by atoms with Crippen molar-refractivity contribution in [1.82, 2.24) is 4.90 Å². The summed E-state index contributed by atoms with van der Waals surface area (Å²) in [5.41, 5.74) is 2.15. The molecule has 1 N–H and O–H groups in total. The zero-order valence-electron chi connectivity index (χ0n) is 19.6. The van der Waals surface area contributed by atoms with Crippen LogP contribution in [0.2, 0.25) is 5.02 Å². The Balaban J connectivity index is 1.48. The average molecular weight is 526 g/mol. The van der Waals surface area contributed by atoms with E-state index in [9.17, 15) is 14.0 Å². The van der Waals surface area contributed by atoms with Gasteiger partial charge in [-0.1, -0.05) is 41.6 Å². The van der Waals surface area contributed by atoms with Crippen LogP contribution in [-0.4, -0.2) is 40.3 Å². The van der Waals surface area contributed by atoms with Crippen LogP contribution >= 0.6 is 23.4 Å². The summed E-state index contributed by atoms with van der Waals surface area (Å²) >= 11 is 7.25. The number of anilines is 1. The van der Waals surface area contributed by atoms with E-state index in [0.29, 0.717) is 46.9 Å². The van der Waals surface area contributed by atoms with Gasteiger partial charge in [0.05, 0.1) is 12.3 Å². The molecule has 0 aromatic heterocycles. The molecule has 0 radical (unpaired) electrons. The molecule has 1 heterocycles. The molecule has 0 unspecified atom stereocenters. The number of halogens is 2. The lowest BCUT2D eigenvalue weighted by atomic mass is 10.1. The lowest BCUT2D eigenvalue weighted by molar-refractivity contribution is -0.128. The van der Waals surface area contributed by atoms with Gasteiger partial charge in [0.25, 0.3) is 0 Å². The van der Waals surface area contributed by atoms with Crippen LogP contribution < -0.4 is 10.1 Å². The zero-order chi connectivity index (χ0) is 25.5. The minimum Gasteiger partial charge on any atom is -0.494 e. The van der Waals surface area contributed by atoms with Gasteiger partial charge in [-0.05, 0) is 67.4 Å². The van der Waals surface area contributed by atoms with E-state index in [1.165, 1.54) is 23.9 Å². The van der Waals surface area contributed by atoms with Crippen molar-refractivity contribution in [2.75, 3.05) is 18.5 Å². The first kappa shape index (κ1) is 25.7. The third-order valence-electron chi connectivity index (χ3n) is 5.41. The predicted molar refractivity (Wildman–Crippen MR) is 143 cm³/mol. The van der Waals surface area contributed by atoms with E-state index in [1.807, 2.05) is 13.0 Å². The number of rotatable bonds is 9. The first-order valence-electron chi connectivity index (χ1n) is 11.5. The summed E-state index contributed by atoms with van der Waals surface area (Å²) in [6.07, 6.45) is 0.518. The molecule has 3 aromatic rings. The van der Waals surface area contributed by atoms with Crippen molar-refractivity contribution in [2.24, 2.45) is 4.99 Å². The molecule has 3 aromatic carbocycles. The van der Waals surface area contributed by atoms with E-state index in [1.54, 1.807) is 59.5 Å². The highest BCUT2D eigenvalue weighted by Gasteiger charge is 2.39. The quantitative estimate of drug-likeness (QED) is 0.367. The van der Waals surface area contributed by atoms with Crippen LogP contribution in [0.4, 0.5) is 15.8 Å².